The van der Waals surface area contributed by atoms with Crippen LogP contribution in [0.1, 0.15) is 32.3 Å². The van der Waals surface area contributed by atoms with Gasteiger partial charge in [0.1, 0.15) is 5.75 Å². The van der Waals surface area contributed by atoms with Crippen LogP contribution in [0.25, 0.3) is 0 Å². The molecule has 0 heterocycles. The predicted molar refractivity (Wildman–Crippen MR) is 82.9 cm³/mol. The van der Waals surface area contributed by atoms with Crippen LogP contribution in [0.4, 0.5) is 13.2 Å². The van der Waals surface area contributed by atoms with Gasteiger partial charge in [0, 0.05) is 6.54 Å². The van der Waals surface area contributed by atoms with Crippen LogP contribution in [0.15, 0.2) is 24.3 Å². The second-order valence-electron chi connectivity index (χ2n) is 7.02. The summed E-state index contributed by atoms with van der Waals surface area (Å²) < 4.78 is 40.3. The van der Waals surface area contributed by atoms with E-state index in [0.717, 1.165) is 5.56 Å². The first-order chi connectivity index (χ1) is 11.4. The van der Waals surface area contributed by atoms with Crippen molar-refractivity contribution in [3.8, 4) is 5.75 Å². The number of rotatable bonds is 7. The smallest absolute Gasteiger partial charge is 0.481 e. The molecule has 0 saturated heterocycles. The molecule has 1 fully saturated rings. The summed E-state index contributed by atoms with van der Waals surface area (Å²) in [7, 11) is 0. The molecule has 0 atom stereocenters. The highest BCUT2D eigenvalue weighted by molar-refractivity contribution is 5.86. The van der Waals surface area contributed by atoms with Gasteiger partial charge in [-0.15, -0.1) is 13.2 Å². The minimum absolute atomic E-state index is 0.0152. The average molecular weight is 359 g/mol. The molecule has 138 valence electrons. The molecule has 1 saturated carbocycles. The molecular formula is C17H20F3NO4. The van der Waals surface area contributed by atoms with Crippen molar-refractivity contribution in [2.45, 2.75) is 39.5 Å². The molecule has 0 unspecified atom stereocenters. The lowest BCUT2D eigenvalue weighted by molar-refractivity contribution is -0.274. The fourth-order valence-corrected chi connectivity index (χ4v) is 2.40. The van der Waals surface area contributed by atoms with Gasteiger partial charge in [-0.2, -0.15) is 0 Å². The highest BCUT2D eigenvalue weighted by Crippen LogP contribution is 2.48. The molecule has 1 amide bonds. The molecule has 0 aromatic heterocycles. The largest absolute Gasteiger partial charge is 0.573 e. The van der Waals surface area contributed by atoms with Crippen LogP contribution in [0, 0.1) is 10.8 Å². The van der Waals surface area contributed by atoms with Crippen LogP contribution in [-0.4, -0.2) is 29.9 Å². The Morgan fingerprint density at radius 1 is 1.20 bits per heavy atom. The fraction of sp³-hybridized carbons (Fsp3) is 0.529. The number of nitrogens with one attached hydrogen (secondary N) is 1. The Balaban J connectivity index is 1.95. The van der Waals surface area contributed by atoms with Gasteiger partial charge in [0.2, 0.25) is 5.91 Å². The van der Waals surface area contributed by atoms with E-state index in [0.29, 0.717) is 19.3 Å². The summed E-state index contributed by atoms with van der Waals surface area (Å²) in [4.78, 5) is 23.5. The standard InChI is InChI=1S/C17H20F3NO4/c1-15(2,14(23)24)10-21-13(22)16(7-8-16)9-11-3-5-12(6-4-11)25-17(18,19)20/h3-6H,7-10H2,1-2H3,(H,21,22)(H,23,24). The number of halogens is 3. The number of hydrogen-bond donors (Lipinski definition) is 2. The van der Waals surface area contributed by atoms with E-state index in [9.17, 15) is 22.8 Å². The average Bonchev–Trinajstić information content (AvgIpc) is 3.26. The molecule has 1 aliphatic carbocycles. The van der Waals surface area contributed by atoms with Gasteiger partial charge < -0.3 is 15.2 Å². The lowest BCUT2D eigenvalue weighted by Crippen LogP contribution is -2.42. The molecule has 1 aromatic rings. The van der Waals surface area contributed by atoms with Gasteiger partial charge in [0.05, 0.1) is 10.8 Å². The second-order valence-corrected chi connectivity index (χ2v) is 7.02. The quantitative estimate of drug-likeness (QED) is 0.784. The highest BCUT2D eigenvalue weighted by atomic mass is 19.4. The summed E-state index contributed by atoms with van der Waals surface area (Å²) in [5, 5.41) is 11.7. The highest BCUT2D eigenvalue weighted by Gasteiger charge is 2.49. The zero-order valence-electron chi connectivity index (χ0n) is 13.9. The van der Waals surface area contributed by atoms with Crippen molar-refractivity contribution < 1.29 is 32.6 Å². The number of hydrogen-bond acceptors (Lipinski definition) is 3. The SMILES string of the molecule is CC(C)(CNC(=O)C1(Cc2ccc(OC(F)(F)F)cc2)CC1)C(=O)O. The lowest BCUT2D eigenvalue weighted by atomic mass is 9.92. The third kappa shape index (κ3) is 5.11. The molecule has 0 aliphatic heterocycles. The number of carbonyl (C=O) groups is 2. The molecule has 25 heavy (non-hydrogen) atoms. The number of amides is 1. The number of carbonyl (C=O) groups excluding carboxylic acids is 1. The predicted octanol–water partition coefficient (Wildman–Crippen LogP) is 3.13. The van der Waals surface area contributed by atoms with E-state index < -0.39 is 23.2 Å². The van der Waals surface area contributed by atoms with Crippen molar-refractivity contribution in [3.63, 3.8) is 0 Å². The molecule has 0 bridgehead atoms. The fourth-order valence-electron chi connectivity index (χ4n) is 2.40. The number of alkyl halides is 3. The van der Waals surface area contributed by atoms with Crippen LogP contribution < -0.4 is 10.1 Å². The van der Waals surface area contributed by atoms with E-state index in [2.05, 4.69) is 10.1 Å². The maximum Gasteiger partial charge on any atom is 0.573 e. The van der Waals surface area contributed by atoms with E-state index in [1.165, 1.54) is 38.1 Å². The van der Waals surface area contributed by atoms with Crippen molar-refractivity contribution >= 4 is 11.9 Å². The Kier molecular flexibility index (Phi) is 5.02. The van der Waals surface area contributed by atoms with Gasteiger partial charge >= 0.3 is 12.3 Å². The maximum atomic E-state index is 12.4. The van der Waals surface area contributed by atoms with Crippen molar-refractivity contribution in [2.24, 2.45) is 10.8 Å². The van der Waals surface area contributed by atoms with Crippen molar-refractivity contribution in [1.29, 1.82) is 0 Å². The number of carboxylic acid groups (broad SMARTS) is 1. The molecule has 0 spiro atoms. The van der Waals surface area contributed by atoms with Crippen molar-refractivity contribution in [3.05, 3.63) is 29.8 Å². The third-order valence-corrected chi connectivity index (χ3v) is 4.30. The maximum absolute atomic E-state index is 12.4. The zero-order chi connectivity index (χ0) is 18.9. The van der Waals surface area contributed by atoms with Gasteiger partial charge in [-0.3, -0.25) is 9.59 Å². The van der Waals surface area contributed by atoms with Crippen molar-refractivity contribution in [1.82, 2.24) is 5.32 Å². The van der Waals surface area contributed by atoms with Crippen LogP contribution >= 0.6 is 0 Å². The number of carboxylic acids is 1. The van der Waals surface area contributed by atoms with Crippen molar-refractivity contribution in [2.75, 3.05) is 6.54 Å². The Labute approximate surface area is 143 Å². The normalized spacial score (nSPS) is 16.2. The van der Waals surface area contributed by atoms with E-state index >= 15 is 0 Å². The molecule has 2 N–H and O–H groups in total. The van der Waals surface area contributed by atoms with E-state index in [4.69, 9.17) is 5.11 Å². The minimum atomic E-state index is -4.74. The van der Waals surface area contributed by atoms with Crippen LogP contribution in [0.2, 0.25) is 0 Å². The minimum Gasteiger partial charge on any atom is -0.481 e. The van der Waals surface area contributed by atoms with Gasteiger partial charge in [-0.1, -0.05) is 12.1 Å². The Morgan fingerprint density at radius 2 is 1.76 bits per heavy atom. The molecule has 1 aliphatic rings. The summed E-state index contributed by atoms with van der Waals surface area (Å²) >= 11 is 0. The zero-order valence-corrected chi connectivity index (χ0v) is 13.9. The Bertz CT molecular complexity index is 649. The van der Waals surface area contributed by atoms with Gasteiger partial charge in [-0.05, 0) is 50.8 Å². The topological polar surface area (TPSA) is 75.6 Å². The first kappa shape index (κ1) is 19.1. The molecule has 5 nitrogen and oxygen atoms in total. The summed E-state index contributed by atoms with van der Waals surface area (Å²) in [6.07, 6.45) is -3.03. The monoisotopic (exact) mass is 359 g/mol. The Morgan fingerprint density at radius 3 is 2.20 bits per heavy atom. The number of benzene rings is 1. The summed E-state index contributed by atoms with van der Waals surface area (Å²) in [6.45, 7) is 3.06. The molecule has 1 aromatic carbocycles. The molecule has 0 radical (unpaired) electrons. The van der Waals surface area contributed by atoms with Crippen LogP contribution in [-0.2, 0) is 16.0 Å². The Hall–Kier alpha value is -2.25. The van der Waals surface area contributed by atoms with Crippen LogP contribution in [0.5, 0.6) is 5.75 Å². The molecular weight excluding hydrogens is 339 g/mol. The van der Waals surface area contributed by atoms with Crippen LogP contribution in [0.3, 0.4) is 0 Å². The van der Waals surface area contributed by atoms with Gasteiger partial charge in [0.15, 0.2) is 0 Å². The molecule has 8 heteroatoms. The number of aliphatic carboxylic acids is 1. The lowest BCUT2D eigenvalue weighted by Gasteiger charge is -2.22. The number of ether oxygens (including phenoxy) is 1. The first-order valence-electron chi connectivity index (χ1n) is 7.80. The third-order valence-electron chi connectivity index (χ3n) is 4.30. The van der Waals surface area contributed by atoms with E-state index in [1.54, 1.807) is 0 Å². The van der Waals surface area contributed by atoms with Gasteiger partial charge in [-0.25, -0.2) is 0 Å². The summed E-state index contributed by atoms with van der Waals surface area (Å²) in [5.41, 5.74) is -0.955. The summed E-state index contributed by atoms with van der Waals surface area (Å²) in [6, 6.07) is 5.42. The summed E-state index contributed by atoms with van der Waals surface area (Å²) in [5.74, 6) is -1.54. The van der Waals surface area contributed by atoms with Gasteiger partial charge in [0.25, 0.3) is 0 Å². The van der Waals surface area contributed by atoms with E-state index in [1.807, 2.05) is 0 Å². The van der Waals surface area contributed by atoms with E-state index in [-0.39, 0.29) is 18.2 Å². The first-order valence-corrected chi connectivity index (χ1v) is 7.80. The molecule has 2 rings (SSSR count). The second kappa shape index (κ2) is 6.57.